The lowest BCUT2D eigenvalue weighted by molar-refractivity contribution is -0.120. The van der Waals surface area contributed by atoms with Crippen molar-refractivity contribution in [1.82, 2.24) is 69.8 Å². The largest absolute Gasteiger partial charge is 0.444 e. The molecular weight excluding hydrogens is 1850 g/mol. The van der Waals surface area contributed by atoms with E-state index >= 15 is 0 Å². The summed E-state index contributed by atoms with van der Waals surface area (Å²) >= 11 is 6.57. The summed E-state index contributed by atoms with van der Waals surface area (Å²) < 4.78 is 22.2. The van der Waals surface area contributed by atoms with Crippen LogP contribution < -0.4 is 38.5 Å². The summed E-state index contributed by atoms with van der Waals surface area (Å²) in [5.74, 6) is 5.25. The lowest BCUT2D eigenvalue weighted by Gasteiger charge is -2.32. The first kappa shape index (κ1) is 110. The van der Waals surface area contributed by atoms with E-state index in [0.29, 0.717) is 92.5 Å². The molecular formula is C96H145Br2N21O15. The number of nitrogens with one attached hydrogen (secondary N) is 2. The molecule has 4 amide bonds. The van der Waals surface area contributed by atoms with Gasteiger partial charge < -0.3 is 72.5 Å². The van der Waals surface area contributed by atoms with Crippen molar-refractivity contribution >= 4 is 103 Å². The van der Waals surface area contributed by atoms with Gasteiger partial charge in [0.2, 0.25) is 0 Å². The molecule has 7 heterocycles. The van der Waals surface area contributed by atoms with Gasteiger partial charge in [0.15, 0.2) is 29.1 Å². The van der Waals surface area contributed by atoms with E-state index in [0.717, 1.165) is 212 Å². The number of ether oxygens (including phenoxy) is 4. The topological polar surface area (TPSA) is 555 Å². The van der Waals surface area contributed by atoms with E-state index in [1.54, 1.807) is 145 Å². The predicted octanol–water partition coefficient (Wildman–Crippen LogP) is 18.2. The Hall–Kier alpha value is -9.57. The van der Waals surface area contributed by atoms with Crippen molar-refractivity contribution in [3.8, 4) is 0 Å². The number of nitrogen functional groups attached to an aromatic ring is 4. The van der Waals surface area contributed by atoms with Gasteiger partial charge in [0.05, 0.1) is 148 Å². The third-order valence-corrected chi connectivity index (χ3v) is 25.6. The summed E-state index contributed by atoms with van der Waals surface area (Å²) in [6.45, 7) is 32.4. The number of nitrogens with zero attached hydrogens (tertiary/aromatic N) is 15. The lowest BCUT2D eigenvalue weighted by Crippen LogP contribution is -2.44. The maximum atomic E-state index is 12.6. The van der Waals surface area contributed by atoms with Gasteiger partial charge in [-0.15, -0.1) is 0 Å². The number of Topliss-reactive ketones (excluding diaryl/α,β-unsaturated/α-hetero) is 1. The zero-order valence-corrected chi connectivity index (χ0v) is 84.6. The summed E-state index contributed by atoms with van der Waals surface area (Å²) in [6, 6.07) is 0. The van der Waals surface area contributed by atoms with Crippen LogP contribution in [0.25, 0.3) is 0 Å². The number of rotatable bonds is 10. The van der Waals surface area contributed by atoms with Crippen LogP contribution in [0, 0.1) is 0 Å². The van der Waals surface area contributed by atoms with Crippen LogP contribution in [0.5, 0.6) is 0 Å². The minimum absolute atomic E-state index is 0.0270. The van der Waals surface area contributed by atoms with Crippen LogP contribution in [0.15, 0.2) is 83.6 Å². The number of hydrogen-bond acceptors (Lipinski definition) is 33. The molecule has 134 heavy (non-hydrogen) atoms. The molecule has 7 aromatic rings. The maximum Gasteiger partial charge on any atom is 0.425 e. The zero-order valence-electron chi connectivity index (χ0n) is 81.4. The van der Waals surface area contributed by atoms with Crippen molar-refractivity contribution in [3.05, 3.63) is 123 Å². The Balaban J connectivity index is 0.000000194. The molecule has 0 aromatic carbocycles. The average Bonchev–Trinajstić information content (AvgIpc) is 1.13. The fraction of sp³-hybridized carbons (Fsp3) is 0.656. The number of carbonyl (C=O) groups excluding carboxylic acids is 5. The zero-order chi connectivity index (χ0) is 99.2. The molecule has 7 fully saturated rings. The van der Waals surface area contributed by atoms with Crippen LogP contribution in [0.3, 0.4) is 0 Å². The lowest BCUT2D eigenvalue weighted by atomic mass is 9.79. The van der Waals surface area contributed by atoms with E-state index in [4.69, 9.17) is 41.9 Å². The van der Waals surface area contributed by atoms with Crippen LogP contribution in [-0.2, 0) is 23.7 Å². The Morgan fingerprint density at radius 3 is 0.784 bits per heavy atom. The van der Waals surface area contributed by atoms with Crippen molar-refractivity contribution in [1.29, 1.82) is 0 Å². The van der Waals surface area contributed by atoms with E-state index in [1.165, 1.54) is 12.4 Å². The van der Waals surface area contributed by atoms with E-state index < -0.39 is 80.4 Å². The Morgan fingerprint density at radius 2 is 0.560 bits per heavy atom. The number of anilines is 7. The monoisotopic (exact) mass is 1990 g/mol. The first-order chi connectivity index (χ1) is 62.2. The van der Waals surface area contributed by atoms with Crippen molar-refractivity contribution in [2.75, 3.05) is 38.5 Å². The van der Waals surface area contributed by atoms with Gasteiger partial charge in [-0.2, -0.15) is 4.90 Å². The minimum atomic E-state index is -0.882. The molecule has 0 aliphatic heterocycles. The van der Waals surface area contributed by atoms with Crippen molar-refractivity contribution in [2.45, 2.75) is 402 Å². The number of ketones is 1. The van der Waals surface area contributed by atoms with Gasteiger partial charge in [0.1, 0.15) is 49.0 Å². The van der Waals surface area contributed by atoms with Crippen LogP contribution in [-0.4, -0.2) is 187 Å². The van der Waals surface area contributed by atoms with E-state index in [9.17, 15) is 54.6 Å². The van der Waals surface area contributed by atoms with Gasteiger partial charge in [0, 0.05) is 54.3 Å². The smallest absolute Gasteiger partial charge is 0.425 e. The molecule has 0 radical (unpaired) electrons. The fourth-order valence-corrected chi connectivity index (χ4v) is 16.9. The highest BCUT2D eigenvalue weighted by atomic mass is 79.9. The molecule has 0 atom stereocenters. The van der Waals surface area contributed by atoms with Crippen LogP contribution in [0.4, 0.5) is 59.9 Å². The first-order valence-corrected chi connectivity index (χ1v) is 48.1. The Bertz CT molecular complexity index is 4600. The normalized spacial score (nSPS) is 26.0. The number of halogens is 2. The van der Waals surface area contributed by atoms with E-state index in [2.05, 4.69) is 112 Å². The highest BCUT2D eigenvalue weighted by Crippen LogP contribution is 2.44. The molecule has 738 valence electrons. The van der Waals surface area contributed by atoms with Gasteiger partial charge in [-0.1, -0.05) is 0 Å². The molecule has 38 heteroatoms. The van der Waals surface area contributed by atoms with Gasteiger partial charge in [0.25, 0.3) is 0 Å². The second-order valence-electron chi connectivity index (χ2n) is 42.1. The van der Waals surface area contributed by atoms with E-state index in [1.807, 2.05) is 41.5 Å². The van der Waals surface area contributed by atoms with Crippen molar-refractivity contribution in [2.24, 2.45) is 0 Å². The molecule has 7 saturated carbocycles. The summed E-state index contributed by atoms with van der Waals surface area (Å²) in [6.07, 6.45) is 40.3. The summed E-state index contributed by atoms with van der Waals surface area (Å²) in [5.41, 5.74) is 22.9. The molecule has 16 N–H and O–H groups in total. The number of aliphatic hydroxyl groups is 6. The highest BCUT2D eigenvalue weighted by Gasteiger charge is 2.39. The van der Waals surface area contributed by atoms with Gasteiger partial charge >= 0.3 is 24.4 Å². The number of nitrogens with two attached hydrogens (primary N) is 4. The highest BCUT2D eigenvalue weighted by molar-refractivity contribution is 9.10. The third kappa shape index (κ3) is 38.5. The van der Waals surface area contributed by atoms with Crippen LogP contribution in [0.1, 0.15) is 386 Å². The quantitative estimate of drug-likeness (QED) is 0.0566. The van der Waals surface area contributed by atoms with Crippen LogP contribution in [0.2, 0.25) is 0 Å². The number of amides is 4. The molecule has 7 aromatic heterocycles. The van der Waals surface area contributed by atoms with Crippen LogP contribution >= 0.6 is 31.9 Å². The Morgan fingerprint density at radius 1 is 0.328 bits per heavy atom. The first-order valence-electron chi connectivity index (χ1n) is 46.5. The summed E-state index contributed by atoms with van der Waals surface area (Å²) in [4.78, 5) is 120. The van der Waals surface area contributed by atoms with Crippen molar-refractivity contribution < 1.29 is 73.6 Å². The summed E-state index contributed by atoms with van der Waals surface area (Å²) in [5, 5.41) is 64.5. The number of aromatic nitrogens is 14. The molecule has 0 spiro atoms. The molecule has 14 rings (SSSR count). The van der Waals surface area contributed by atoms with E-state index in [-0.39, 0.29) is 17.5 Å². The molecule has 36 nitrogen and oxygen atoms in total. The average molecular weight is 1990 g/mol. The van der Waals surface area contributed by atoms with Crippen molar-refractivity contribution in [3.63, 3.8) is 0 Å². The maximum absolute atomic E-state index is 12.6. The van der Waals surface area contributed by atoms with Gasteiger partial charge in [-0.3, -0.25) is 40.3 Å². The van der Waals surface area contributed by atoms with Gasteiger partial charge in [-0.05, 0) is 323 Å². The SMILES string of the molecule is CC(C)(C)OC(=O)N(C(=O)OC(C)(C)C)c1cnc(C2CCC(=O)CC2)cn1.CC1(O)CCC(c2cnc(N)c(Br)n2)CC1.CC1(O)CCC(c2cnc(N)c(Br)n2)CC1.CC1(O)CCC(c2cnc(N)cn2)CC1.CC1(O)CCC(c2cnc(N)cn2)CC1.CC1(O)CCC(c2cnc(NC(=O)OC(C)(C)C)cn2)CC1.CC1(O)CCC(c2cnc(NC(=O)OC(C)(C)C)cn2)CC1. The predicted molar refractivity (Wildman–Crippen MR) is 519 cm³/mol. The number of hydrogen-bond donors (Lipinski definition) is 12. The van der Waals surface area contributed by atoms with Gasteiger partial charge in [-0.25, -0.2) is 64.0 Å². The number of imide groups is 1. The third-order valence-electron chi connectivity index (χ3n) is 24.4. The molecule has 7 aliphatic carbocycles. The second kappa shape index (κ2) is 47.5. The number of carbonyl (C=O) groups is 5. The molecule has 0 saturated heterocycles. The molecule has 7 aliphatic rings. The Kier molecular flexibility index (Phi) is 38.9. The second-order valence-corrected chi connectivity index (χ2v) is 43.6. The fourth-order valence-electron chi connectivity index (χ4n) is 16.3. The standard InChI is InChI=1S/C20H29N3O5.2C16H25N3O3.2C11H16BrN3O.2C11H17N3O/c1-19(2,3)27-17(25)23(18(26)28-20(4,5)6)16-12-21-15(11-22-16)13-7-9-14(24)10-8-13;2*1-15(2,3)22-14(20)19-13-10-17-12(9-18-13)11-5-7-16(4,21)8-6-11;2*1-11(16)4-2-7(3-5-11)8-6-14-10(13)9(12)15-8;2*1-11(15)4-2-8(3-5-11)9-6-14-10(12)7-13-9/h11-13H,7-10H2,1-6H3;2*9-11,21H,5-8H2,1-4H3,(H,18,19,20);2*6-7,16H,2-5H2,1H3,(H2,13,14);2*6-8,15H,2-5H2,1H3,(H2,12,14). The Labute approximate surface area is 805 Å². The molecule has 0 unspecified atom stereocenters. The molecule has 0 bridgehead atoms. The summed E-state index contributed by atoms with van der Waals surface area (Å²) in [7, 11) is 0. The minimum Gasteiger partial charge on any atom is -0.444 e.